The molecule has 1 aliphatic heterocycles. The molecule has 0 unspecified atom stereocenters. The first-order chi connectivity index (χ1) is 13.8. The zero-order valence-corrected chi connectivity index (χ0v) is 17.1. The molecule has 146 valence electrons. The van der Waals surface area contributed by atoms with E-state index in [0.717, 1.165) is 17.3 Å². The maximum Gasteiger partial charge on any atom is 0.247 e. The number of pyridine rings is 1. The number of carbonyl (C=O) groups excluding carboxylic acids is 2. The molecular formula is C21H19N5O2S. The minimum Gasteiger partial charge on any atom is -0.383 e. The van der Waals surface area contributed by atoms with Crippen molar-refractivity contribution in [3.8, 4) is 12.1 Å². The summed E-state index contributed by atoms with van der Waals surface area (Å²) < 4.78 is 0. The van der Waals surface area contributed by atoms with E-state index in [-0.39, 0.29) is 46.1 Å². The fourth-order valence-electron chi connectivity index (χ4n) is 3.28. The molecule has 8 heteroatoms. The highest BCUT2D eigenvalue weighted by molar-refractivity contribution is 8.00. The van der Waals surface area contributed by atoms with E-state index in [2.05, 4.69) is 11.1 Å². The zero-order valence-electron chi connectivity index (χ0n) is 16.3. The number of nitrogen functional groups attached to an aromatic ring is 1. The van der Waals surface area contributed by atoms with Crippen molar-refractivity contribution in [2.45, 2.75) is 43.4 Å². The number of aryl methyl sites for hydroxylation is 1. The minimum atomic E-state index is -0.712. The van der Waals surface area contributed by atoms with Crippen LogP contribution in [0, 0.1) is 29.6 Å². The van der Waals surface area contributed by atoms with Crippen molar-refractivity contribution in [2.75, 3.05) is 10.6 Å². The van der Waals surface area contributed by atoms with Crippen LogP contribution >= 0.6 is 11.8 Å². The Labute approximate surface area is 173 Å². The normalized spacial score (nSPS) is 16.2. The first-order valence-electron chi connectivity index (χ1n) is 9.02. The minimum absolute atomic E-state index is 0.000836. The van der Waals surface area contributed by atoms with E-state index >= 15 is 0 Å². The summed E-state index contributed by atoms with van der Waals surface area (Å²) >= 11 is 1.05. The van der Waals surface area contributed by atoms with E-state index in [4.69, 9.17) is 5.73 Å². The first kappa shape index (κ1) is 20.4. The van der Waals surface area contributed by atoms with Gasteiger partial charge in [0.25, 0.3) is 0 Å². The summed E-state index contributed by atoms with van der Waals surface area (Å²) in [6.07, 6.45) is 0.000836. The average Bonchev–Trinajstić information content (AvgIpc) is 2.95. The summed E-state index contributed by atoms with van der Waals surface area (Å²) in [6, 6.07) is 11.2. The molecule has 2 N–H and O–H groups in total. The van der Waals surface area contributed by atoms with Gasteiger partial charge in [0.1, 0.15) is 23.0 Å². The lowest BCUT2D eigenvalue weighted by Gasteiger charge is -2.17. The van der Waals surface area contributed by atoms with Gasteiger partial charge in [0.05, 0.1) is 22.1 Å². The summed E-state index contributed by atoms with van der Waals surface area (Å²) in [4.78, 5) is 30.8. The van der Waals surface area contributed by atoms with Gasteiger partial charge in [-0.05, 0) is 30.5 Å². The maximum atomic E-state index is 12.9. The smallest absolute Gasteiger partial charge is 0.247 e. The highest BCUT2D eigenvalue weighted by Gasteiger charge is 2.41. The summed E-state index contributed by atoms with van der Waals surface area (Å²) in [5.74, 6) is -0.775. The molecule has 1 fully saturated rings. The van der Waals surface area contributed by atoms with Crippen LogP contribution in [0.15, 0.2) is 29.3 Å². The van der Waals surface area contributed by atoms with Crippen molar-refractivity contribution in [1.29, 1.82) is 10.5 Å². The monoisotopic (exact) mass is 405 g/mol. The highest BCUT2D eigenvalue weighted by atomic mass is 32.2. The molecule has 0 radical (unpaired) electrons. The van der Waals surface area contributed by atoms with Gasteiger partial charge in [0.15, 0.2) is 0 Å². The predicted octanol–water partition coefficient (Wildman–Crippen LogP) is 3.26. The van der Waals surface area contributed by atoms with Gasteiger partial charge in [-0.15, -0.1) is 0 Å². The van der Waals surface area contributed by atoms with Crippen molar-refractivity contribution in [1.82, 2.24) is 4.98 Å². The topological polar surface area (TPSA) is 124 Å². The molecule has 7 nitrogen and oxygen atoms in total. The Morgan fingerprint density at radius 2 is 1.79 bits per heavy atom. The van der Waals surface area contributed by atoms with Crippen molar-refractivity contribution in [3.05, 3.63) is 46.5 Å². The van der Waals surface area contributed by atoms with Gasteiger partial charge in [-0.3, -0.25) is 9.59 Å². The molecule has 0 bridgehead atoms. The Morgan fingerprint density at radius 1 is 1.17 bits per heavy atom. The highest BCUT2D eigenvalue weighted by Crippen LogP contribution is 2.38. The van der Waals surface area contributed by atoms with Gasteiger partial charge < -0.3 is 5.73 Å². The van der Waals surface area contributed by atoms with Crippen molar-refractivity contribution < 1.29 is 9.59 Å². The number of amides is 2. The van der Waals surface area contributed by atoms with E-state index in [9.17, 15) is 20.1 Å². The summed E-state index contributed by atoms with van der Waals surface area (Å²) in [7, 11) is 0. The number of aromatic nitrogens is 1. The number of hydrogen-bond acceptors (Lipinski definition) is 7. The fourth-order valence-corrected chi connectivity index (χ4v) is 4.41. The number of thioether (sulfide) groups is 1. The fraction of sp³-hybridized carbons (Fsp3) is 0.286. The van der Waals surface area contributed by atoms with Gasteiger partial charge in [-0.2, -0.15) is 10.5 Å². The third kappa shape index (κ3) is 3.67. The molecule has 2 amide bonds. The number of nitrogens with two attached hydrogens (primary N) is 1. The van der Waals surface area contributed by atoms with Crippen molar-refractivity contribution >= 4 is 35.1 Å². The van der Waals surface area contributed by atoms with E-state index < -0.39 is 5.25 Å². The molecule has 2 aromatic rings. The van der Waals surface area contributed by atoms with Crippen molar-refractivity contribution in [2.24, 2.45) is 0 Å². The Morgan fingerprint density at radius 3 is 2.34 bits per heavy atom. The number of rotatable bonds is 4. The van der Waals surface area contributed by atoms with Crippen LogP contribution in [-0.2, 0) is 9.59 Å². The Hall–Kier alpha value is -3.36. The number of imide groups is 1. The molecule has 1 aliphatic rings. The van der Waals surface area contributed by atoms with Gasteiger partial charge in [0.2, 0.25) is 11.8 Å². The van der Waals surface area contributed by atoms with E-state index in [1.54, 1.807) is 12.1 Å². The molecule has 0 aliphatic carbocycles. The molecule has 1 atom stereocenters. The molecule has 1 aromatic heterocycles. The van der Waals surface area contributed by atoms with Crippen LogP contribution in [0.5, 0.6) is 0 Å². The van der Waals surface area contributed by atoms with Gasteiger partial charge in [0, 0.05) is 6.42 Å². The van der Waals surface area contributed by atoms with Crippen LogP contribution < -0.4 is 10.6 Å². The molecule has 0 spiro atoms. The van der Waals surface area contributed by atoms with Crippen molar-refractivity contribution in [3.63, 3.8) is 0 Å². The summed E-state index contributed by atoms with van der Waals surface area (Å²) in [5.41, 5.74) is 8.40. The van der Waals surface area contributed by atoms with Crippen LogP contribution in [-0.4, -0.2) is 22.0 Å². The Bertz CT molecular complexity index is 1080. The van der Waals surface area contributed by atoms with Crippen LogP contribution in [0.4, 0.5) is 11.5 Å². The molecule has 1 saturated heterocycles. The number of nitrogens with zero attached hydrogens (tertiary/aromatic N) is 4. The predicted molar refractivity (Wildman–Crippen MR) is 110 cm³/mol. The molecule has 1 aromatic carbocycles. The second-order valence-corrected chi connectivity index (χ2v) is 8.25. The van der Waals surface area contributed by atoms with Gasteiger partial charge >= 0.3 is 0 Å². The molecule has 0 saturated carbocycles. The number of nitriles is 2. The van der Waals surface area contributed by atoms with E-state index in [1.807, 2.05) is 39.0 Å². The van der Waals surface area contributed by atoms with Crippen LogP contribution in [0.2, 0.25) is 0 Å². The van der Waals surface area contributed by atoms with Gasteiger partial charge in [-0.1, -0.05) is 43.3 Å². The third-order valence-electron chi connectivity index (χ3n) is 4.68. The van der Waals surface area contributed by atoms with E-state index in [0.29, 0.717) is 11.3 Å². The lowest BCUT2D eigenvalue weighted by molar-refractivity contribution is -0.121. The lowest BCUT2D eigenvalue weighted by atomic mass is 9.94. The van der Waals surface area contributed by atoms with Crippen LogP contribution in [0.3, 0.4) is 0 Å². The SMILES string of the molecule is Cc1ccc(N2C(=O)C[C@H](Sc3nc(N)c(C#N)c(C(C)C)c3C#N)C2=O)cc1. The molecule has 2 heterocycles. The molecule has 29 heavy (non-hydrogen) atoms. The standard InChI is InChI=1S/C21H19N5O2S/c1-11(2)18-14(9-22)19(24)25-20(15(18)10-23)29-16-8-17(27)26(21(16)28)13-6-4-12(3)5-7-13/h4-7,11,16H,8H2,1-3H3,(H2,24,25)/t16-/m0/s1. The van der Waals surface area contributed by atoms with E-state index in [1.165, 1.54) is 4.90 Å². The Kier molecular flexibility index (Phi) is 5.58. The average molecular weight is 405 g/mol. The number of hydrogen-bond donors (Lipinski definition) is 1. The Balaban J connectivity index is 1.98. The first-order valence-corrected chi connectivity index (χ1v) is 9.90. The number of anilines is 2. The second kappa shape index (κ2) is 7.94. The van der Waals surface area contributed by atoms with Gasteiger partial charge in [-0.25, -0.2) is 9.88 Å². The van der Waals surface area contributed by atoms with Crippen LogP contribution in [0.1, 0.15) is 48.4 Å². The lowest BCUT2D eigenvalue weighted by Crippen LogP contribution is -2.31. The quantitative estimate of drug-likeness (QED) is 0.774. The second-order valence-electron chi connectivity index (χ2n) is 7.06. The zero-order chi connectivity index (χ0) is 21.3. The molecule has 3 rings (SSSR count). The third-order valence-corrected chi connectivity index (χ3v) is 5.85. The summed E-state index contributed by atoms with van der Waals surface area (Å²) in [5, 5.41) is 18.7. The number of benzene rings is 1. The molecular weight excluding hydrogens is 386 g/mol. The largest absolute Gasteiger partial charge is 0.383 e. The van der Waals surface area contributed by atoms with Crippen LogP contribution in [0.25, 0.3) is 0 Å². The maximum absolute atomic E-state index is 12.9. The summed E-state index contributed by atoms with van der Waals surface area (Å²) in [6.45, 7) is 5.63. The number of carbonyl (C=O) groups is 2.